The van der Waals surface area contributed by atoms with E-state index in [0.29, 0.717) is 11.3 Å². The van der Waals surface area contributed by atoms with Crippen LogP contribution in [-0.2, 0) is 16.1 Å². The summed E-state index contributed by atoms with van der Waals surface area (Å²) in [7, 11) is 1.30. The number of rotatable bonds is 8. The quantitative estimate of drug-likeness (QED) is 0.431. The fourth-order valence-electron chi connectivity index (χ4n) is 2.07. The lowest BCUT2D eigenvalue weighted by molar-refractivity contribution is -0.385. The van der Waals surface area contributed by atoms with Crippen LogP contribution < -0.4 is 15.2 Å². The van der Waals surface area contributed by atoms with E-state index in [1.165, 1.54) is 19.2 Å². The minimum absolute atomic E-state index is 0.0265. The van der Waals surface area contributed by atoms with Gasteiger partial charge in [0.15, 0.2) is 12.4 Å². The second kappa shape index (κ2) is 8.47. The van der Waals surface area contributed by atoms with E-state index in [1.807, 2.05) is 0 Å². The maximum absolute atomic E-state index is 12.1. The van der Waals surface area contributed by atoms with E-state index in [9.17, 15) is 19.7 Å². The van der Waals surface area contributed by atoms with E-state index in [-0.39, 0.29) is 30.2 Å². The molecule has 9 nitrogen and oxygen atoms in total. The molecule has 0 heterocycles. The summed E-state index contributed by atoms with van der Waals surface area (Å²) in [4.78, 5) is 33.2. The topological polar surface area (TPSA) is 131 Å². The number of nitro groups is 1. The summed E-state index contributed by atoms with van der Waals surface area (Å²) in [5.74, 6) is -0.884. The Morgan fingerprint density at radius 1 is 1.19 bits per heavy atom. The van der Waals surface area contributed by atoms with Gasteiger partial charge in [-0.25, -0.2) is 4.79 Å². The van der Waals surface area contributed by atoms with E-state index < -0.39 is 16.8 Å². The van der Waals surface area contributed by atoms with Crippen molar-refractivity contribution in [3.63, 3.8) is 0 Å². The highest BCUT2D eigenvalue weighted by molar-refractivity contribution is 5.90. The number of hydrogen-bond acceptors (Lipinski definition) is 7. The van der Waals surface area contributed by atoms with Crippen molar-refractivity contribution >= 4 is 17.6 Å². The summed E-state index contributed by atoms with van der Waals surface area (Å²) in [6.45, 7) is -0.342. The number of nitrogens with zero attached hydrogens (tertiary/aromatic N) is 1. The molecule has 0 radical (unpaired) electrons. The third-order valence-electron chi connectivity index (χ3n) is 3.26. The van der Waals surface area contributed by atoms with Crippen LogP contribution in [0.5, 0.6) is 11.5 Å². The number of esters is 1. The molecule has 0 atom stereocenters. The van der Waals surface area contributed by atoms with Gasteiger partial charge in [-0.2, -0.15) is 0 Å². The van der Waals surface area contributed by atoms with Gasteiger partial charge in [-0.15, -0.1) is 0 Å². The lowest BCUT2D eigenvalue weighted by atomic mass is 10.2. The van der Waals surface area contributed by atoms with Crippen molar-refractivity contribution in [1.82, 2.24) is 0 Å². The zero-order valence-electron chi connectivity index (χ0n) is 13.8. The largest absolute Gasteiger partial charge is 0.490 e. The van der Waals surface area contributed by atoms with Crippen LogP contribution in [0, 0.1) is 10.1 Å². The molecule has 0 saturated carbocycles. The summed E-state index contributed by atoms with van der Waals surface area (Å²) in [5, 5.41) is 11.0. The van der Waals surface area contributed by atoms with Crippen LogP contribution in [0.3, 0.4) is 0 Å². The third kappa shape index (κ3) is 4.94. The van der Waals surface area contributed by atoms with Crippen LogP contribution in [0.15, 0.2) is 42.5 Å². The molecule has 0 aromatic heterocycles. The number of primary amides is 1. The van der Waals surface area contributed by atoms with E-state index in [2.05, 4.69) is 0 Å². The predicted molar refractivity (Wildman–Crippen MR) is 89.9 cm³/mol. The maximum atomic E-state index is 12.1. The second-order valence-electron chi connectivity index (χ2n) is 5.12. The predicted octanol–water partition coefficient (Wildman–Crippen LogP) is 1.82. The van der Waals surface area contributed by atoms with E-state index in [4.69, 9.17) is 19.9 Å². The Morgan fingerprint density at radius 3 is 2.62 bits per heavy atom. The smallest absolute Gasteiger partial charge is 0.338 e. The van der Waals surface area contributed by atoms with Gasteiger partial charge in [-0.1, -0.05) is 12.1 Å². The van der Waals surface area contributed by atoms with Gasteiger partial charge in [-0.05, 0) is 29.8 Å². The molecular weight excluding hydrogens is 344 g/mol. The number of benzene rings is 2. The van der Waals surface area contributed by atoms with Gasteiger partial charge >= 0.3 is 11.7 Å². The summed E-state index contributed by atoms with van der Waals surface area (Å²) in [6, 6.07) is 10.4. The van der Waals surface area contributed by atoms with Crippen LogP contribution in [0.1, 0.15) is 15.9 Å². The fraction of sp³-hybridized carbons (Fsp3) is 0.176. The molecule has 2 rings (SSSR count). The molecule has 9 heteroatoms. The van der Waals surface area contributed by atoms with Gasteiger partial charge in [-0.3, -0.25) is 14.9 Å². The third-order valence-corrected chi connectivity index (χ3v) is 3.26. The zero-order valence-corrected chi connectivity index (χ0v) is 13.8. The molecule has 0 saturated heterocycles. The number of hydrogen-bond donors (Lipinski definition) is 1. The number of carbonyl (C=O) groups excluding carboxylic acids is 2. The van der Waals surface area contributed by atoms with Gasteiger partial charge in [0, 0.05) is 6.07 Å². The van der Waals surface area contributed by atoms with E-state index >= 15 is 0 Å². The summed E-state index contributed by atoms with van der Waals surface area (Å²) < 4.78 is 15.2. The van der Waals surface area contributed by atoms with Crippen LogP contribution in [0.2, 0.25) is 0 Å². The molecule has 0 bridgehead atoms. The molecule has 2 aromatic carbocycles. The van der Waals surface area contributed by atoms with Crippen LogP contribution in [0.25, 0.3) is 0 Å². The average molecular weight is 360 g/mol. The lowest BCUT2D eigenvalue weighted by Crippen LogP contribution is -2.20. The Balaban J connectivity index is 2.05. The van der Waals surface area contributed by atoms with Crippen molar-refractivity contribution in [1.29, 1.82) is 0 Å². The summed E-state index contributed by atoms with van der Waals surface area (Å²) >= 11 is 0. The number of amides is 1. The Hall–Kier alpha value is -3.62. The van der Waals surface area contributed by atoms with Crippen molar-refractivity contribution in [2.45, 2.75) is 6.61 Å². The number of nitro benzene ring substituents is 1. The number of methoxy groups -OCH3 is 1. The van der Waals surface area contributed by atoms with Gasteiger partial charge in [0.05, 0.1) is 17.6 Å². The first kappa shape index (κ1) is 18.7. The molecule has 2 N–H and O–H groups in total. The van der Waals surface area contributed by atoms with Crippen LogP contribution >= 0.6 is 0 Å². The first-order valence-corrected chi connectivity index (χ1v) is 7.40. The van der Waals surface area contributed by atoms with Crippen molar-refractivity contribution in [2.24, 2.45) is 5.73 Å². The molecular formula is C17H16N2O7. The molecule has 0 fully saturated rings. The monoisotopic (exact) mass is 360 g/mol. The Kier molecular flexibility index (Phi) is 6.10. The van der Waals surface area contributed by atoms with Gasteiger partial charge < -0.3 is 19.9 Å². The van der Waals surface area contributed by atoms with Crippen molar-refractivity contribution in [2.75, 3.05) is 13.7 Å². The second-order valence-corrected chi connectivity index (χ2v) is 5.12. The highest BCUT2D eigenvalue weighted by Gasteiger charge is 2.19. The highest BCUT2D eigenvalue weighted by atomic mass is 16.6. The Labute approximate surface area is 148 Å². The number of nitrogens with two attached hydrogens (primary N) is 1. The molecule has 0 aliphatic carbocycles. The highest BCUT2D eigenvalue weighted by Crippen LogP contribution is 2.28. The Morgan fingerprint density at radius 2 is 1.96 bits per heavy atom. The van der Waals surface area contributed by atoms with Crippen molar-refractivity contribution in [3.05, 3.63) is 63.7 Å². The molecule has 1 amide bonds. The van der Waals surface area contributed by atoms with Gasteiger partial charge in [0.1, 0.15) is 12.4 Å². The number of ether oxygens (including phenoxy) is 3. The number of carbonyl (C=O) groups is 2. The molecule has 0 unspecified atom stereocenters. The lowest BCUT2D eigenvalue weighted by Gasteiger charge is -2.08. The molecule has 2 aromatic rings. The SMILES string of the molecule is COc1ccc(C(=O)OCc2cccc(OCC(N)=O)c2)cc1[N+](=O)[O-]. The molecule has 136 valence electrons. The summed E-state index contributed by atoms with van der Waals surface area (Å²) in [6.07, 6.45) is 0. The average Bonchev–Trinajstić information content (AvgIpc) is 2.64. The molecule has 0 spiro atoms. The van der Waals surface area contributed by atoms with Crippen molar-refractivity contribution < 1.29 is 28.7 Å². The summed E-state index contributed by atoms with van der Waals surface area (Å²) in [5.41, 5.74) is 5.32. The normalized spacial score (nSPS) is 10.0. The van der Waals surface area contributed by atoms with Crippen LogP contribution in [-0.4, -0.2) is 30.5 Å². The van der Waals surface area contributed by atoms with Gasteiger partial charge in [0.2, 0.25) is 0 Å². The standard InChI is InChI=1S/C17H16N2O7/c1-24-15-6-5-12(8-14(15)19(22)23)17(21)26-9-11-3-2-4-13(7-11)25-10-16(18)20/h2-8H,9-10H2,1H3,(H2,18,20). The van der Waals surface area contributed by atoms with E-state index in [1.54, 1.807) is 24.3 Å². The van der Waals surface area contributed by atoms with Gasteiger partial charge in [0.25, 0.3) is 5.91 Å². The minimum atomic E-state index is -0.723. The van der Waals surface area contributed by atoms with Crippen LogP contribution in [0.4, 0.5) is 5.69 Å². The first-order valence-electron chi connectivity index (χ1n) is 7.40. The molecule has 0 aliphatic rings. The minimum Gasteiger partial charge on any atom is -0.490 e. The van der Waals surface area contributed by atoms with E-state index in [0.717, 1.165) is 6.07 Å². The molecule has 26 heavy (non-hydrogen) atoms. The zero-order chi connectivity index (χ0) is 19.1. The Bertz CT molecular complexity index is 836. The molecule has 0 aliphatic heterocycles. The maximum Gasteiger partial charge on any atom is 0.338 e. The fourth-order valence-corrected chi connectivity index (χ4v) is 2.07. The first-order chi connectivity index (χ1) is 12.4. The van der Waals surface area contributed by atoms with Crippen molar-refractivity contribution in [3.8, 4) is 11.5 Å².